The van der Waals surface area contributed by atoms with E-state index in [-0.39, 0.29) is 10.8 Å². The molecule has 0 aliphatic heterocycles. The van der Waals surface area contributed by atoms with Gasteiger partial charge >= 0.3 is 0 Å². The Morgan fingerprint density at radius 1 is 1.37 bits per heavy atom. The zero-order valence-corrected chi connectivity index (χ0v) is 12.4. The molecule has 3 N–H and O–H groups in total. The summed E-state index contributed by atoms with van der Waals surface area (Å²) >= 11 is 3.12. The van der Waals surface area contributed by atoms with E-state index >= 15 is 0 Å². The van der Waals surface area contributed by atoms with E-state index in [1.54, 1.807) is 18.2 Å². The van der Waals surface area contributed by atoms with Gasteiger partial charge in [0.25, 0.3) is 0 Å². The molecule has 5 nitrogen and oxygen atoms in total. The second-order valence-corrected chi connectivity index (χ2v) is 6.37. The van der Waals surface area contributed by atoms with Gasteiger partial charge in [0.1, 0.15) is 0 Å². The van der Waals surface area contributed by atoms with Crippen LogP contribution in [0, 0.1) is 0 Å². The maximum Gasteiger partial charge on any atom is 0.244 e. The van der Waals surface area contributed by atoms with Crippen molar-refractivity contribution in [3.8, 4) is 0 Å². The molecule has 0 radical (unpaired) electrons. The summed E-state index contributed by atoms with van der Waals surface area (Å²) in [5.74, 6) is -0.267. The van der Waals surface area contributed by atoms with Gasteiger partial charge in [0.05, 0.1) is 4.90 Å². The first-order valence-corrected chi connectivity index (χ1v) is 7.55. The fourth-order valence-corrected chi connectivity index (χ4v) is 1.84. The number of carbonyl (C=O) groups is 1. The zero-order valence-electron chi connectivity index (χ0n) is 9.97. The van der Waals surface area contributed by atoms with E-state index < -0.39 is 10.0 Å². The smallest absolute Gasteiger partial charge is 0.244 e. The van der Waals surface area contributed by atoms with Gasteiger partial charge in [0, 0.05) is 17.1 Å². The Labute approximate surface area is 120 Å². The molecule has 0 saturated carbocycles. The minimum Gasteiger partial charge on any atom is -0.348 e. The first-order chi connectivity index (χ1) is 8.79. The number of sulfonamides is 1. The van der Waals surface area contributed by atoms with Crippen molar-refractivity contribution in [2.75, 3.05) is 6.54 Å². The summed E-state index contributed by atoms with van der Waals surface area (Å²) < 4.78 is 22.8. The Morgan fingerprint density at radius 2 is 1.95 bits per heavy atom. The number of primary sulfonamides is 1. The normalized spacial score (nSPS) is 11.5. The summed E-state index contributed by atoms with van der Waals surface area (Å²) in [5, 5.41) is 7.57. The number of nitrogens with two attached hydrogens (primary N) is 1. The molecule has 1 amide bonds. The lowest BCUT2D eigenvalue weighted by atomic mass is 10.2. The lowest BCUT2D eigenvalue weighted by molar-refractivity contribution is -0.116. The molecular formula is C12H13BrN2O3S. The average molecular weight is 345 g/mol. The number of benzene rings is 1. The van der Waals surface area contributed by atoms with Gasteiger partial charge in [-0.15, -0.1) is 0 Å². The van der Waals surface area contributed by atoms with Crippen molar-refractivity contribution in [1.82, 2.24) is 5.32 Å². The third-order valence-corrected chi connectivity index (χ3v) is 3.30. The minimum absolute atomic E-state index is 0.0321. The van der Waals surface area contributed by atoms with Crippen LogP contribution in [-0.4, -0.2) is 20.9 Å². The lowest BCUT2D eigenvalue weighted by Crippen LogP contribution is -2.21. The molecule has 1 rings (SSSR count). The molecule has 0 aliphatic rings. The molecule has 0 spiro atoms. The molecule has 102 valence electrons. The molecule has 1 aromatic carbocycles. The second-order valence-electron chi connectivity index (χ2n) is 3.68. The SMILES string of the molecule is C=C(Br)CNC(=O)/C=C/c1ccc(S(N)(=O)=O)cc1. The van der Waals surface area contributed by atoms with E-state index in [0.29, 0.717) is 16.6 Å². The van der Waals surface area contributed by atoms with Crippen LogP contribution in [0.4, 0.5) is 0 Å². The number of carbonyl (C=O) groups excluding carboxylic acids is 1. The molecule has 0 fully saturated rings. The minimum atomic E-state index is -3.69. The summed E-state index contributed by atoms with van der Waals surface area (Å²) in [4.78, 5) is 11.4. The standard InChI is InChI=1S/C12H13BrN2O3S/c1-9(13)8-15-12(16)7-4-10-2-5-11(6-3-10)19(14,17)18/h2-7H,1,8H2,(H,15,16)(H2,14,17,18)/b7-4+. The number of hydrogen-bond donors (Lipinski definition) is 2. The highest BCUT2D eigenvalue weighted by molar-refractivity contribution is 9.11. The number of hydrogen-bond acceptors (Lipinski definition) is 3. The van der Waals surface area contributed by atoms with Crippen LogP contribution < -0.4 is 10.5 Å². The highest BCUT2D eigenvalue weighted by Crippen LogP contribution is 2.09. The van der Waals surface area contributed by atoms with Crippen LogP contribution in [-0.2, 0) is 14.8 Å². The fourth-order valence-electron chi connectivity index (χ4n) is 1.18. The molecular weight excluding hydrogens is 332 g/mol. The Morgan fingerprint density at radius 3 is 2.42 bits per heavy atom. The van der Waals surface area contributed by atoms with Crippen LogP contribution in [0.3, 0.4) is 0 Å². The Hall–Kier alpha value is -1.44. The molecule has 0 heterocycles. The summed E-state index contributed by atoms with van der Waals surface area (Å²) in [6.45, 7) is 3.93. The third kappa shape index (κ3) is 5.82. The molecule has 0 aromatic heterocycles. The van der Waals surface area contributed by atoms with E-state index in [9.17, 15) is 13.2 Å². The molecule has 0 bridgehead atoms. The van der Waals surface area contributed by atoms with Gasteiger partial charge < -0.3 is 5.32 Å². The van der Waals surface area contributed by atoms with Gasteiger partial charge in [-0.3, -0.25) is 4.79 Å². The van der Waals surface area contributed by atoms with Gasteiger partial charge in [0.2, 0.25) is 15.9 Å². The fraction of sp³-hybridized carbons (Fsp3) is 0.0833. The van der Waals surface area contributed by atoms with Crippen LogP contribution in [0.25, 0.3) is 6.08 Å². The lowest BCUT2D eigenvalue weighted by Gasteiger charge is -2.00. The van der Waals surface area contributed by atoms with Crippen molar-refractivity contribution in [3.05, 3.63) is 47.0 Å². The van der Waals surface area contributed by atoms with Gasteiger partial charge in [-0.1, -0.05) is 34.6 Å². The van der Waals surface area contributed by atoms with Crippen molar-refractivity contribution in [2.24, 2.45) is 5.14 Å². The quantitative estimate of drug-likeness (QED) is 0.790. The summed E-state index contributed by atoms with van der Waals surface area (Å²) in [6.07, 6.45) is 2.92. The maximum atomic E-state index is 11.4. The van der Waals surface area contributed by atoms with Gasteiger partial charge in [-0.2, -0.15) is 0 Å². The Kier molecular flexibility index (Phi) is 5.46. The predicted molar refractivity (Wildman–Crippen MR) is 77.9 cm³/mol. The van der Waals surface area contributed by atoms with Crippen LogP contribution >= 0.6 is 15.9 Å². The highest BCUT2D eigenvalue weighted by Gasteiger charge is 2.05. The molecule has 0 aliphatic carbocycles. The number of nitrogens with one attached hydrogen (secondary N) is 1. The first-order valence-electron chi connectivity index (χ1n) is 5.21. The van der Waals surface area contributed by atoms with Gasteiger partial charge in [0.15, 0.2) is 0 Å². The van der Waals surface area contributed by atoms with E-state index in [0.717, 1.165) is 0 Å². The van der Waals surface area contributed by atoms with E-state index in [2.05, 4.69) is 27.8 Å². The van der Waals surface area contributed by atoms with E-state index in [1.807, 2.05) is 0 Å². The van der Waals surface area contributed by atoms with E-state index in [1.165, 1.54) is 18.2 Å². The van der Waals surface area contributed by atoms with Gasteiger partial charge in [-0.05, 0) is 23.8 Å². The summed E-state index contributed by atoms with van der Waals surface area (Å²) in [5.41, 5.74) is 0.695. The van der Waals surface area contributed by atoms with Crippen molar-refractivity contribution in [1.29, 1.82) is 0 Å². The average Bonchev–Trinajstić information content (AvgIpc) is 2.33. The van der Waals surface area contributed by atoms with Gasteiger partial charge in [-0.25, -0.2) is 13.6 Å². The Bertz CT molecular complexity index is 606. The Balaban J connectivity index is 2.68. The van der Waals surface area contributed by atoms with Crippen molar-refractivity contribution >= 4 is 37.9 Å². The number of amides is 1. The molecule has 1 aromatic rings. The first kappa shape index (κ1) is 15.6. The molecule has 0 saturated heterocycles. The molecule has 7 heteroatoms. The predicted octanol–water partition coefficient (Wildman–Crippen LogP) is 1.37. The summed E-state index contributed by atoms with van der Waals surface area (Å²) in [6, 6.07) is 5.89. The van der Waals surface area contributed by atoms with Crippen molar-refractivity contribution in [2.45, 2.75) is 4.90 Å². The summed E-state index contributed by atoms with van der Waals surface area (Å²) in [7, 11) is -3.69. The van der Waals surface area contributed by atoms with Crippen LogP contribution in [0.15, 0.2) is 46.3 Å². The van der Waals surface area contributed by atoms with Crippen molar-refractivity contribution < 1.29 is 13.2 Å². The largest absolute Gasteiger partial charge is 0.348 e. The van der Waals surface area contributed by atoms with Crippen LogP contribution in [0.5, 0.6) is 0 Å². The van der Waals surface area contributed by atoms with Crippen LogP contribution in [0.2, 0.25) is 0 Å². The third-order valence-electron chi connectivity index (χ3n) is 2.09. The second kappa shape index (κ2) is 6.65. The maximum absolute atomic E-state index is 11.4. The number of rotatable bonds is 5. The van der Waals surface area contributed by atoms with E-state index in [4.69, 9.17) is 5.14 Å². The number of halogens is 1. The molecule has 19 heavy (non-hydrogen) atoms. The zero-order chi connectivity index (χ0) is 14.5. The molecule has 0 atom stereocenters. The van der Waals surface area contributed by atoms with Crippen LogP contribution in [0.1, 0.15) is 5.56 Å². The molecule has 0 unspecified atom stereocenters. The topological polar surface area (TPSA) is 89.3 Å². The van der Waals surface area contributed by atoms with Crippen molar-refractivity contribution in [3.63, 3.8) is 0 Å². The highest BCUT2D eigenvalue weighted by atomic mass is 79.9. The monoisotopic (exact) mass is 344 g/mol.